The first kappa shape index (κ1) is 10.2. The van der Waals surface area contributed by atoms with Crippen molar-refractivity contribution in [1.82, 2.24) is 4.98 Å². The number of rotatable bonds is 5. The summed E-state index contributed by atoms with van der Waals surface area (Å²) in [6.07, 6.45) is 6.29. The Morgan fingerprint density at radius 1 is 1.60 bits per heavy atom. The van der Waals surface area contributed by atoms with Crippen LogP contribution >= 0.6 is 0 Å². The van der Waals surface area contributed by atoms with Crippen LogP contribution in [0.15, 0.2) is 31.0 Å². The minimum Gasteiger partial charge on any atom is -0.350 e. The molecule has 80 valence electrons. The summed E-state index contributed by atoms with van der Waals surface area (Å²) in [4.78, 5) is 6.69. The first-order chi connectivity index (χ1) is 7.35. The van der Waals surface area contributed by atoms with Gasteiger partial charge in [-0.05, 0) is 30.5 Å². The van der Waals surface area contributed by atoms with E-state index in [1.165, 1.54) is 12.8 Å². The molecule has 1 heterocycles. The second kappa shape index (κ2) is 4.45. The van der Waals surface area contributed by atoms with Crippen LogP contribution in [0.5, 0.6) is 0 Å². The van der Waals surface area contributed by atoms with Crippen LogP contribution in [0.4, 0.5) is 5.82 Å². The lowest BCUT2D eigenvalue weighted by atomic mass is 10.2. The lowest BCUT2D eigenvalue weighted by molar-refractivity contribution is 0.838. The fourth-order valence-corrected chi connectivity index (χ4v) is 1.70. The third-order valence-electron chi connectivity index (χ3n) is 2.65. The highest BCUT2D eigenvalue weighted by atomic mass is 15.2. The topological polar surface area (TPSA) is 42.1 Å². The van der Waals surface area contributed by atoms with Crippen LogP contribution < -0.4 is 10.6 Å². The third-order valence-corrected chi connectivity index (χ3v) is 2.65. The van der Waals surface area contributed by atoms with Crippen molar-refractivity contribution in [3.8, 4) is 0 Å². The van der Waals surface area contributed by atoms with Crippen molar-refractivity contribution in [3.05, 3.63) is 36.5 Å². The quantitative estimate of drug-likeness (QED) is 0.740. The van der Waals surface area contributed by atoms with Crippen LogP contribution in [0.25, 0.3) is 0 Å². The Balaban J connectivity index is 2.20. The van der Waals surface area contributed by atoms with Gasteiger partial charge < -0.3 is 10.6 Å². The van der Waals surface area contributed by atoms with Crippen molar-refractivity contribution in [2.24, 2.45) is 5.73 Å². The zero-order chi connectivity index (χ0) is 10.7. The van der Waals surface area contributed by atoms with Gasteiger partial charge in [-0.25, -0.2) is 4.98 Å². The SMILES string of the molecule is C=CCN(c1cc(CN)ccn1)C1CC1. The Morgan fingerprint density at radius 2 is 2.40 bits per heavy atom. The van der Waals surface area contributed by atoms with Gasteiger partial charge in [0.2, 0.25) is 0 Å². The maximum atomic E-state index is 5.62. The number of hydrogen-bond donors (Lipinski definition) is 1. The van der Waals surface area contributed by atoms with Crippen LogP contribution in [-0.2, 0) is 6.54 Å². The zero-order valence-electron chi connectivity index (χ0n) is 8.89. The largest absolute Gasteiger partial charge is 0.350 e. The molecule has 1 aromatic rings. The molecule has 3 nitrogen and oxygen atoms in total. The lowest BCUT2D eigenvalue weighted by Gasteiger charge is -2.22. The molecule has 1 aliphatic carbocycles. The van der Waals surface area contributed by atoms with Gasteiger partial charge in [0.25, 0.3) is 0 Å². The molecule has 0 spiro atoms. The van der Waals surface area contributed by atoms with Gasteiger partial charge in [-0.3, -0.25) is 0 Å². The van der Waals surface area contributed by atoms with E-state index in [9.17, 15) is 0 Å². The van der Waals surface area contributed by atoms with Gasteiger partial charge in [0.05, 0.1) is 0 Å². The lowest BCUT2D eigenvalue weighted by Crippen LogP contribution is -2.26. The molecular weight excluding hydrogens is 186 g/mol. The number of hydrogen-bond acceptors (Lipinski definition) is 3. The molecule has 0 aromatic carbocycles. The molecule has 0 bridgehead atoms. The van der Waals surface area contributed by atoms with E-state index in [1.54, 1.807) is 0 Å². The molecule has 3 heteroatoms. The van der Waals surface area contributed by atoms with Crippen molar-refractivity contribution in [1.29, 1.82) is 0 Å². The zero-order valence-corrected chi connectivity index (χ0v) is 8.89. The molecule has 1 aromatic heterocycles. The van der Waals surface area contributed by atoms with Gasteiger partial charge >= 0.3 is 0 Å². The molecular formula is C12H17N3. The van der Waals surface area contributed by atoms with Gasteiger partial charge in [0.1, 0.15) is 5.82 Å². The number of aromatic nitrogens is 1. The highest BCUT2D eigenvalue weighted by molar-refractivity contribution is 5.44. The van der Waals surface area contributed by atoms with E-state index >= 15 is 0 Å². The predicted molar refractivity (Wildman–Crippen MR) is 62.7 cm³/mol. The Bertz CT molecular complexity index is 344. The van der Waals surface area contributed by atoms with E-state index in [0.29, 0.717) is 12.6 Å². The average Bonchev–Trinajstić information content (AvgIpc) is 3.10. The van der Waals surface area contributed by atoms with Crippen LogP contribution in [-0.4, -0.2) is 17.6 Å². The molecule has 0 aliphatic heterocycles. The standard InChI is InChI=1S/C12H17N3/c1-2-7-15(11-3-4-11)12-8-10(9-13)5-6-14-12/h2,5-6,8,11H,1,3-4,7,9,13H2. The molecule has 0 unspecified atom stereocenters. The van der Waals surface area contributed by atoms with Crippen molar-refractivity contribution < 1.29 is 0 Å². The number of nitrogens with two attached hydrogens (primary N) is 1. The third kappa shape index (κ3) is 2.36. The molecule has 2 rings (SSSR count). The summed E-state index contributed by atoms with van der Waals surface area (Å²) in [5, 5.41) is 0. The van der Waals surface area contributed by atoms with Crippen molar-refractivity contribution in [2.45, 2.75) is 25.4 Å². The van der Waals surface area contributed by atoms with Crippen molar-refractivity contribution in [3.63, 3.8) is 0 Å². The van der Waals surface area contributed by atoms with E-state index in [2.05, 4.69) is 22.5 Å². The van der Waals surface area contributed by atoms with Crippen LogP contribution in [0.3, 0.4) is 0 Å². The van der Waals surface area contributed by atoms with Crippen molar-refractivity contribution in [2.75, 3.05) is 11.4 Å². The molecule has 15 heavy (non-hydrogen) atoms. The fourth-order valence-electron chi connectivity index (χ4n) is 1.70. The van der Waals surface area contributed by atoms with E-state index in [4.69, 9.17) is 5.73 Å². The first-order valence-electron chi connectivity index (χ1n) is 5.37. The number of nitrogens with zero attached hydrogens (tertiary/aromatic N) is 2. The average molecular weight is 203 g/mol. The molecule has 0 atom stereocenters. The van der Waals surface area contributed by atoms with Gasteiger partial charge in [-0.2, -0.15) is 0 Å². The van der Waals surface area contributed by atoms with Gasteiger partial charge in [0, 0.05) is 25.3 Å². The fraction of sp³-hybridized carbons (Fsp3) is 0.417. The normalized spacial score (nSPS) is 15.0. The number of anilines is 1. The van der Waals surface area contributed by atoms with E-state index in [-0.39, 0.29) is 0 Å². The number of pyridine rings is 1. The van der Waals surface area contributed by atoms with Crippen LogP contribution in [0, 0.1) is 0 Å². The Morgan fingerprint density at radius 3 is 3.00 bits per heavy atom. The summed E-state index contributed by atoms with van der Waals surface area (Å²) in [6.45, 7) is 5.22. The predicted octanol–water partition coefficient (Wildman–Crippen LogP) is 1.70. The summed E-state index contributed by atoms with van der Waals surface area (Å²) in [5.41, 5.74) is 6.75. The molecule has 0 amide bonds. The summed E-state index contributed by atoms with van der Waals surface area (Å²) < 4.78 is 0. The molecule has 0 radical (unpaired) electrons. The Hall–Kier alpha value is -1.35. The smallest absolute Gasteiger partial charge is 0.129 e. The van der Waals surface area contributed by atoms with Crippen LogP contribution in [0.2, 0.25) is 0 Å². The highest BCUT2D eigenvalue weighted by Gasteiger charge is 2.29. The summed E-state index contributed by atoms with van der Waals surface area (Å²) in [6, 6.07) is 4.69. The van der Waals surface area contributed by atoms with Crippen LogP contribution in [0.1, 0.15) is 18.4 Å². The van der Waals surface area contributed by atoms with Gasteiger partial charge in [0.15, 0.2) is 0 Å². The Labute approximate surface area is 90.6 Å². The first-order valence-corrected chi connectivity index (χ1v) is 5.37. The molecule has 1 saturated carbocycles. The van der Waals surface area contributed by atoms with E-state index in [0.717, 1.165) is 17.9 Å². The molecule has 1 aliphatic rings. The minimum atomic E-state index is 0.572. The Kier molecular flexibility index (Phi) is 3.02. The van der Waals surface area contributed by atoms with Gasteiger partial charge in [-0.15, -0.1) is 6.58 Å². The van der Waals surface area contributed by atoms with E-state index < -0.39 is 0 Å². The monoisotopic (exact) mass is 203 g/mol. The maximum Gasteiger partial charge on any atom is 0.129 e. The highest BCUT2D eigenvalue weighted by Crippen LogP contribution is 2.30. The summed E-state index contributed by atoms with van der Waals surface area (Å²) in [5.74, 6) is 1.03. The second-order valence-electron chi connectivity index (χ2n) is 3.90. The van der Waals surface area contributed by atoms with Gasteiger partial charge in [-0.1, -0.05) is 6.08 Å². The maximum absolute atomic E-state index is 5.62. The molecule has 2 N–H and O–H groups in total. The van der Waals surface area contributed by atoms with E-state index in [1.807, 2.05) is 18.3 Å². The molecule has 0 saturated heterocycles. The minimum absolute atomic E-state index is 0.572. The molecule has 1 fully saturated rings. The summed E-state index contributed by atoms with van der Waals surface area (Å²) in [7, 11) is 0. The summed E-state index contributed by atoms with van der Waals surface area (Å²) >= 11 is 0. The second-order valence-corrected chi connectivity index (χ2v) is 3.90. The van der Waals surface area contributed by atoms with Crippen molar-refractivity contribution >= 4 is 5.82 Å².